The smallest absolute Gasteiger partial charge is 0.00416 e. The fourth-order valence-electron chi connectivity index (χ4n) is 2.70. The maximum absolute atomic E-state index is 5.99. The fourth-order valence-corrected chi connectivity index (χ4v) is 2.70. The second-order valence-electron chi connectivity index (χ2n) is 7.17. The van der Waals surface area contributed by atoms with Crippen molar-refractivity contribution in [2.45, 2.75) is 66.8 Å². The summed E-state index contributed by atoms with van der Waals surface area (Å²) >= 11 is 0. The van der Waals surface area contributed by atoms with Gasteiger partial charge in [0.2, 0.25) is 0 Å². The van der Waals surface area contributed by atoms with Gasteiger partial charge in [0, 0.05) is 6.04 Å². The molecule has 0 aromatic rings. The highest BCUT2D eigenvalue weighted by Gasteiger charge is 2.38. The third kappa shape index (κ3) is 4.12. The molecule has 0 amide bonds. The minimum absolute atomic E-state index is 0.281. The summed E-state index contributed by atoms with van der Waals surface area (Å²) in [6, 6.07) is 0.281. The van der Waals surface area contributed by atoms with Crippen molar-refractivity contribution >= 4 is 0 Å². The van der Waals surface area contributed by atoms with E-state index in [0.717, 1.165) is 11.8 Å². The molecule has 1 heteroatoms. The minimum atomic E-state index is 0.281. The number of nitrogens with two attached hydrogens (primary N) is 1. The van der Waals surface area contributed by atoms with E-state index in [4.69, 9.17) is 5.73 Å². The van der Waals surface area contributed by atoms with E-state index in [1.54, 1.807) is 0 Å². The van der Waals surface area contributed by atoms with Crippen LogP contribution in [0.15, 0.2) is 12.2 Å². The van der Waals surface area contributed by atoms with E-state index in [2.05, 4.69) is 53.7 Å². The molecule has 1 aliphatic carbocycles. The third-order valence-electron chi connectivity index (χ3n) is 5.22. The normalized spacial score (nSPS) is 23.9. The Morgan fingerprint density at radius 2 is 1.72 bits per heavy atom. The van der Waals surface area contributed by atoms with Gasteiger partial charge in [0.1, 0.15) is 0 Å². The Morgan fingerprint density at radius 1 is 1.17 bits per heavy atom. The molecule has 0 bridgehead atoms. The highest BCUT2D eigenvalue weighted by molar-refractivity contribution is 5.04. The summed E-state index contributed by atoms with van der Waals surface area (Å²) in [5.41, 5.74) is 6.43. The monoisotopic (exact) mass is 251 g/mol. The van der Waals surface area contributed by atoms with Gasteiger partial charge < -0.3 is 5.73 Å². The second kappa shape index (κ2) is 6.23. The summed E-state index contributed by atoms with van der Waals surface area (Å²) in [7, 11) is 0. The average molecular weight is 251 g/mol. The van der Waals surface area contributed by atoms with Crippen LogP contribution < -0.4 is 5.73 Å². The molecule has 1 fully saturated rings. The number of hydrogen-bond acceptors (Lipinski definition) is 1. The molecular formula is C17H33N. The van der Waals surface area contributed by atoms with Crippen LogP contribution in [0, 0.1) is 29.1 Å². The standard InChI is InChI=1S/C17H33N/c1-7-17(5,6)16(15-9-10-15)11-8-12(2)13(3)14(4)18/h8,11-16H,7,9-10,18H2,1-6H3/b11-8-/t12?,13?,14-,16+/m0/s1. The van der Waals surface area contributed by atoms with Crippen molar-refractivity contribution in [2.24, 2.45) is 34.8 Å². The lowest BCUT2D eigenvalue weighted by Gasteiger charge is -2.32. The van der Waals surface area contributed by atoms with Crippen molar-refractivity contribution < 1.29 is 0 Å². The van der Waals surface area contributed by atoms with Crippen LogP contribution in [0.3, 0.4) is 0 Å². The summed E-state index contributed by atoms with van der Waals surface area (Å²) in [4.78, 5) is 0. The first-order chi connectivity index (χ1) is 8.29. The zero-order valence-electron chi connectivity index (χ0n) is 13.2. The average Bonchev–Trinajstić information content (AvgIpc) is 3.11. The Bertz CT molecular complexity index is 273. The van der Waals surface area contributed by atoms with Gasteiger partial charge in [-0.3, -0.25) is 0 Å². The molecule has 2 N–H and O–H groups in total. The molecule has 0 heterocycles. The van der Waals surface area contributed by atoms with E-state index in [9.17, 15) is 0 Å². The molecule has 106 valence electrons. The Kier molecular flexibility index (Phi) is 5.46. The summed E-state index contributed by atoms with van der Waals surface area (Å²) in [5.74, 6) is 2.84. The van der Waals surface area contributed by atoms with E-state index in [0.29, 0.717) is 17.3 Å². The molecule has 0 radical (unpaired) electrons. The first-order valence-corrected chi connectivity index (χ1v) is 7.73. The van der Waals surface area contributed by atoms with Gasteiger partial charge in [-0.05, 0) is 48.9 Å². The van der Waals surface area contributed by atoms with E-state index in [1.807, 2.05) is 0 Å². The van der Waals surface area contributed by atoms with Crippen molar-refractivity contribution in [1.29, 1.82) is 0 Å². The van der Waals surface area contributed by atoms with Gasteiger partial charge in [0.05, 0.1) is 0 Å². The van der Waals surface area contributed by atoms with E-state index in [1.165, 1.54) is 19.3 Å². The second-order valence-corrected chi connectivity index (χ2v) is 7.17. The lowest BCUT2D eigenvalue weighted by molar-refractivity contribution is 0.223. The topological polar surface area (TPSA) is 26.0 Å². The zero-order chi connectivity index (χ0) is 13.9. The number of hydrogen-bond donors (Lipinski definition) is 1. The predicted octanol–water partition coefficient (Wildman–Crippen LogP) is 4.62. The molecule has 18 heavy (non-hydrogen) atoms. The van der Waals surface area contributed by atoms with Gasteiger partial charge in [-0.15, -0.1) is 0 Å². The molecular weight excluding hydrogens is 218 g/mol. The van der Waals surface area contributed by atoms with E-state index in [-0.39, 0.29) is 6.04 Å². The van der Waals surface area contributed by atoms with Gasteiger partial charge in [-0.25, -0.2) is 0 Å². The summed E-state index contributed by atoms with van der Waals surface area (Å²) in [5, 5.41) is 0. The molecule has 1 aliphatic rings. The molecule has 2 unspecified atom stereocenters. The van der Waals surface area contributed by atoms with Crippen molar-refractivity contribution in [3.8, 4) is 0 Å². The van der Waals surface area contributed by atoms with Crippen molar-refractivity contribution in [2.75, 3.05) is 0 Å². The Balaban J connectivity index is 2.66. The van der Waals surface area contributed by atoms with Crippen LogP contribution in [-0.4, -0.2) is 6.04 Å². The van der Waals surface area contributed by atoms with Crippen LogP contribution in [0.25, 0.3) is 0 Å². The summed E-state index contributed by atoms with van der Waals surface area (Å²) < 4.78 is 0. The number of rotatable bonds is 7. The summed E-state index contributed by atoms with van der Waals surface area (Å²) in [6.07, 6.45) is 9.04. The quantitative estimate of drug-likeness (QED) is 0.656. The minimum Gasteiger partial charge on any atom is -0.328 e. The van der Waals surface area contributed by atoms with E-state index < -0.39 is 0 Å². The van der Waals surface area contributed by atoms with Crippen LogP contribution in [0.2, 0.25) is 0 Å². The summed E-state index contributed by atoms with van der Waals surface area (Å²) in [6.45, 7) is 13.8. The Hall–Kier alpha value is -0.300. The first kappa shape index (κ1) is 15.8. The molecule has 1 nitrogen and oxygen atoms in total. The van der Waals surface area contributed by atoms with Crippen LogP contribution in [0.5, 0.6) is 0 Å². The molecule has 0 aliphatic heterocycles. The van der Waals surface area contributed by atoms with Gasteiger partial charge in [-0.2, -0.15) is 0 Å². The Morgan fingerprint density at radius 3 is 2.11 bits per heavy atom. The van der Waals surface area contributed by atoms with Crippen molar-refractivity contribution in [3.05, 3.63) is 12.2 Å². The van der Waals surface area contributed by atoms with Gasteiger partial charge >= 0.3 is 0 Å². The third-order valence-corrected chi connectivity index (χ3v) is 5.22. The van der Waals surface area contributed by atoms with Crippen LogP contribution in [0.4, 0.5) is 0 Å². The highest BCUT2D eigenvalue weighted by atomic mass is 14.6. The zero-order valence-corrected chi connectivity index (χ0v) is 13.2. The maximum Gasteiger partial charge on any atom is 0.00416 e. The van der Waals surface area contributed by atoms with Gasteiger partial charge in [0.25, 0.3) is 0 Å². The van der Waals surface area contributed by atoms with E-state index >= 15 is 0 Å². The fraction of sp³-hybridized carbons (Fsp3) is 0.882. The maximum atomic E-state index is 5.99. The van der Waals surface area contributed by atoms with Crippen LogP contribution in [-0.2, 0) is 0 Å². The Labute approximate surface area is 114 Å². The molecule has 0 aromatic heterocycles. The lowest BCUT2D eigenvalue weighted by atomic mass is 9.73. The lowest BCUT2D eigenvalue weighted by Crippen LogP contribution is -2.29. The SMILES string of the molecule is CCC(C)(C)[C@H](/C=C\C(C)C(C)[C@H](C)N)C1CC1. The predicted molar refractivity (Wildman–Crippen MR) is 81.4 cm³/mol. The molecule has 1 rings (SSSR count). The van der Waals surface area contributed by atoms with Crippen LogP contribution in [0.1, 0.15) is 60.8 Å². The molecule has 0 aromatic carbocycles. The van der Waals surface area contributed by atoms with Crippen LogP contribution >= 0.6 is 0 Å². The molecule has 4 atom stereocenters. The molecule has 0 spiro atoms. The van der Waals surface area contributed by atoms with Gasteiger partial charge in [-0.1, -0.05) is 53.2 Å². The molecule has 0 saturated heterocycles. The van der Waals surface area contributed by atoms with Gasteiger partial charge in [0.15, 0.2) is 0 Å². The van der Waals surface area contributed by atoms with Crippen molar-refractivity contribution in [3.63, 3.8) is 0 Å². The highest BCUT2D eigenvalue weighted by Crippen LogP contribution is 2.48. The largest absolute Gasteiger partial charge is 0.328 e. The van der Waals surface area contributed by atoms with Crippen molar-refractivity contribution in [1.82, 2.24) is 0 Å². The molecule has 1 saturated carbocycles. The number of allylic oxidation sites excluding steroid dienone is 2. The first-order valence-electron chi connectivity index (χ1n) is 7.73.